The number of nitriles is 1. The van der Waals surface area contributed by atoms with Gasteiger partial charge in [0, 0.05) is 23.5 Å². The van der Waals surface area contributed by atoms with Crippen LogP contribution in [-0.2, 0) is 6.42 Å². The van der Waals surface area contributed by atoms with Crippen molar-refractivity contribution < 1.29 is 9.59 Å². The minimum atomic E-state index is -0.404. The number of benzene rings is 2. The summed E-state index contributed by atoms with van der Waals surface area (Å²) in [4.78, 5) is 31.7. The van der Waals surface area contributed by atoms with Gasteiger partial charge in [0.2, 0.25) is 0 Å². The fourth-order valence-electron chi connectivity index (χ4n) is 3.57. The van der Waals surface area contributed by atoms with E-state index in [1.54, 1.807) is 35.2 Å². The SMILES string of the molecule is CC1Cc2ccccc2N1C(=O)c1cc(C(=O)Nc2ccccc2C#N)ccn1. The molecule has 0 spiro atoms. The third kappa shape index (κ3) is 3.46. The zero-order chi connectivity index (χ0) is 20.4. The monoisotopic (exact) mass is 382 g/mol. The second-order valence-corrected chi connectivity index (χ2v) is 6.90. The predicted molar refractivity (Wildman–Crippen MR) is 110 cm³/mol. The van der Waals surface area contributed by atoms with E-state index >= 15 is 0 Å². The van der Waals surface area contributed by atoms with Crippen LogP contribution in [0.3, 0.4) is 0 Å². The molecular weight excluding hydrogens is 364 g/mol. The van der Waals surface area contributed by atoms with Gasteiger partial charge >= 0.3 is 0 Å². The van der Waals surface area contributed by atoms with E-state index in [1.807, 2.05) is 37.3 Å². The summed E-state index contributed by atoms with van der Waals surface area (Å²) in [5.74, 6) is -0.645. The molecule has 3 aromatic rings. The highest BCUT2D eigenvalue weighted by Crippen LogP contribution is 2.32. The van der Waals surface area contributed by atoms with Gasteiger partial charge in [-0.1, -0.05) is 30.3 Å². The highest BCUT2D eigenvalue weighted by molar-refractivity contribution is 6.09. The van der Waals surface area contributed by atoms with Crippen molar-refractivity contribution in [3.63, 3.8) is 0 Å². The second-order valence-electron chi connectivity index (χ2n) is 6.90. The Morgan fingerprint density at radius 1 is 1.14 bits per heavy atom. The number of anilines is 2. The van der Waals surface area contributed by atoms with Gasteiger partial charge in [-0.05, 0) is 49.2 Å². The fraction of sp³-hybridized carbons (Fsp3) is 0.130. The maximum Gasteiger partial charge on any atom is 0.277 e. The zero-order valence-electron chi connectivity index (χ0n) is 15.8. The minimum Gasteiger partial charge on any atom is -0.321 e. The van der Waals surface area contributed by atoms with Crippen LogP contribution < -0.4 is 10.2 Å². The molecule has 2 aromatic carbocycles. The van der Waals surface area contributed by atoms with Gasteiger partial charge in [-0.2, -0.15) is 5.26 Å². The molecule has 4 rings (SSSR count). The Labute approximate surface area is 168 Å². The predicted octanol–water partition coefficient (Wildman–Crippen LogP) is 3.80. The van der Waals surface area contributed by atoms with Crippen molar-refractivity contribution in [3.8, 4) is 6.07 Å². The fourth-order valence-corrected chi connectivity index (χ4v) is 3.57. The molecule has 0 radical (unpaired) electrons. The number of hydrogen-bond donors (Lipinski definition) is 1. The highest BCUT2D eigenvalue weighted by Gasteiger charge is 2.32. The third-order valence-electron chi connectivity index (χ3n) is 4.96. The van der Waals surface area contributed by atoms with E-state index in [2.05, 4.69) is 10.3 Å². The molecule has 0 aliphatic carbocycles. The van der Waals surface area contributed by atoms with Crippen molar-refractivity contribution >= 4 is 23.2 Å². The molecule has 29 heavy (non-hydrogen) atoms. The molecule has 0 saturated carbocycles. The Hall–Kier alpha value is -3.98. The van der Waals surface area contributed by atoms with Crippen molar-refractivity contribution in [2.24, 2.45) is 0 Å². The molecule has 2 heterocycles. The molecule has 1 aromatic heterocycles. The van der Waals surface area contributed by atoms with Gasteiger partial charge in [-0.15, -0.1) is 0 Å². The Morgan fingerprint density at radius 2 is 1.90 bits per heavy atom. The first kappa shape index (κ1) is 18.4. The molecule has 2 amide bonds. The summed E-state index contributed by atoms with van der Waals surface area (Å²) in [5.41, 5.74) is 3.30. The van der Waals surface area contributed by atoms with E-state index in [0.29, 0.717) is 16.8 Å². The van der Waals surface area contributed by atoms with Crippen molar-refractivity contribution in [3.05, 3.63) is 89.2 Å². The van der Waals surface area contributed by atoms with Crippen LogP contribution in [0, 0.1) is 11.3 Å². The van der Waals surface area contributed by atoms with Crippen molar-refractivity contribution in [1.29, 1.82) is 5.26 Å². The van der Waals surface area contributed by atoms with E-state index in [9.17, 15) is 14.9 Å². The molecule has 1 unspecified atom stereocenters. The standard InChI is InChI=1S/C23H18N4O2/c1-15-12-16-6-3-5-9-21(16)27(15)23(29)20-13-17(10-11-25-20)22(28)26-19-8-4-2-7-18(19)14-24/h2-11,13,15H,12H2,1H3,(H,26,28). The van der Waals surface area contributed by atoms with E-state index < -0.39 is 5.91 Å². The number of aromatic nitrogens is 1. The summed E-state index contributed by atoms with van der Waals surface area (Å²) in [6.45, 7) is 1.99. The average Bonchev–Trinajstić information content (AvgIpc) is 3.09. The number of fused-ring (bicyclic) bond motifs is 1. The summed E-state index contributed by atoms with van der Waals surface area (Å²) in [6, 6.07) is 19.7. The molecule has 1 aliphatic rings. The molecule has 6 nitrogen and oxygen atoms in total. The minimum absolute atomic E-state index is 0.0155. The number of carbonyl (C=O) groups is 2. The van der Waals surface area contributed by atoms with E-state index in [4.69, 9.17) is 0 Å². The van der Waals surface area contributed by atoms with Crippen molar-refractivity contribution in [2.75, 3.05) is 10.2 Å². The Kier molecular flexibility index (Phi) is 4.80. The molecule has 0 saturated heterocycles. The van der Waals surface area contributed by atoms with E-state index in [-0.39, 0.29) is 17.6 Å². The zero-order valence-corrected chi connectivity index (χ0v) is 15.8. The van der Waals surface area contributed by atoms with Crippen LogP contribution in [0.25, 0.3) is 0 Å². The van der Waals surface area contributed by atoms with Gasteiger partial charge in [0.1, 0.15) is 11.8 Å². The van der Waals surface area contributed by atoms with Crippen LogP contribution in [0.5, 0.6) is 0 Å². The maximum atomic E-state index is 13.1. The first-order chi connectivity index (χ1) is 14.1. The Bertz CT molecular complexity index is 1150. The lowest BCUT2D eigenvalue weighted by Gasteiger charge is -2.22. The third-order valence-corrected chi connectivity index (χ3v) is 4.96. The summed E-state index contributed by atoms with van der Waals surface area (Å²) < 4.78 is 0. The molecule has 0 fully saturated rings. The summed E-state index contributed by atoms with van der Waals surface area (Å²) in [7, 11) is 0. The molecule has 1 aliphatic heterocycles. The lowest BCUT2D eigenvalue weighted by molar-refractivity contribution is 0.0976. The molecular formula is C23H18N4O2. The number of nitrogens with zero attached hydrogens (tertiary/aromatic N) is 3. The summed E-state index contributed by atoms with van der Waals surface area (Å²) in [6.07, 6.45) is 2.23. The molecule has 6 heteroatoms. The number of rotatable bonds is 3. The summed E-state index contributed by atoms with van der Waals surface area (Å²) >= 11 is 0. The molecule has 1 N–H and O–H groups in total. The lowest BCUT2D eigenvalue weighted by atomic mass is 10.1. The topological polar surface area (TPSA) is 86.1 Å². The lowest BCUT2D eigenvalue weighted by Crippen LogP contribution is -2.36. The number of amides is 2. The van der Waals surface area contributed by atoms with Crippen LogP contribution in [0.2, 0.25) is 0 Å². The normalized spacial score (nSPS) is 14.8. The van der Waals surface area contributed by atoms with Gasteiger partial charge in [0.25, 0.3) is 11.8 Å². The van der Waals surface area contributed by atoms with Gasteiger partial charge in [-0.25, -0.2) is 0 Å². The van der Waals surface area contributed by atoms with Crippen LogP contribution in [-0.4, -0.2) is 22.8 Å². The van der Waals surface area contributed by atoms with Crippen molar-refractivity contribution in [1.82, 2.24) is 4.98 Å². The Morgan fingerprint density at radius 3 is 2.72 bits per heavy atom. The number of pyridine rings is 1. The van der Waals surface area contributed by atoms with Crippen LogP contribution in [0.1, 0.15) is 38.9 Å². The number of para-hydroxylation sites is 2. The first-order valence-corrected chi connectivity index (χ1v) is 9.26. The van der Waals surface area contributed by atoms with Crippen molar-refractivity contribution in [2.45, 2.75) is 19.4 Å². The molecule has 142 valence electrons. The van der Waals surface area contributed by atoms with Crippen LogP contribution in [0.15, 0.2) is 66.9 Å². The highest BCUT2D eigenvalue weighted by atomic mass is 16.2. The average molecular weight is 382 g/mol. The first-order valence-electron chi connectivity index (χ1n) is 9.26. The molecule has 0 bridgehead atoms. The van der Waals surface area contributed by atoms with Gasteiger partial charge in [0.15, 0.2) is 0 Å². The van der Waals surface area contributed by atoms with E-state index in [0.717, 1.165) is 17.7 Å². The smallest absolute Gasteiger partial charge is 0.277 e. The number of hydrogen-bond acceptors (Lipinski definition) is 4. The molecule has 1 atom stereocenters. The van der Waals surface area contributed by atoms with Gasteiger partial charge in [0.05, 0.1) is 11.3 Å². The number of nitrogens with one attached hydrogen (secondary N) is 1. The van der Waals surface area contributed by atoms with Gasteiger partial charge < -0.3 is 10.2 Å². The Balaban J connectivity index is 1.60. The second kappa shape index (κ2) is 7.56. The van der Waals surface area contributed by atoms with Crippen LogP contribution in [0.4, 0.5) is 11.4 Å². The maximum absolute atomic E-state index is 13.1. The van der Waals surface area contributed by atoms with Gasteiger partial charge in [-0.3, -0.25) is 14.6 Å². The van der Waals surface area contributed by atoms with E-state index in [1.165, 1.54) is 12.3 Å². The quantitative estimate of drug-likeness (QED) is 0.747. The number of carbonyl (C=O) groups excluding carboxylic acids is 2. The summed E-state index contributed by atoms with van der Waals surface area (Å²) in [5, 5.41) is 11.9. The largest absolute Gasteiger partial charge is 0.321 e. The van der Waals surface area contributed by atoms with Crippen LogP contribution >= 0.6 is 0 Å².